The minimum Gasteiger partial charge on any atom is -0.444 e. The Kier molecular flexibility index (Phi) is 9.38. The van der Waals surface area contributed by atoms with Crippen LogP contribution in [-0.4, -0.2) is 57.8 Å². The van der Waals surface area contributed by atoms with Gasteiger partial charge in [-0.2, -0.15) is 0 Å². The highest BCUT2D eigenvalue weighted by molar-refractivity contribution is 6.08. The van der Waals surface area contributed by atoms with Crippen LogP contribution in [0.15, 0.2) is 48.8 Å². The fourth-order valence-corrected chi connectivity index (χ4v) is 5.59. The van der Waals surface area contributed by atoms with E-state index in [1.807, 2.05) is 24.3 Å². The molecule has 42 heavy (non-hydrogen) atoms. The SMILES string of the molecule is CC(C)(C)OC(=O)N1CC(=O)C[C@@H]1C(=O)N(c1ccc(C(C)(C)C)cc1)C(C(=O)NC1CCCCC1)c1cccnc1. The molecule has 9 nitrogen and oxygen atoms in total. The molecule has 2 fully saturated rings. The van der Waals surface area contributed by atoms with Crippen LogP contribution in [0.4, 0.5) is 10.5 Å². The van der Waals surface area contributed by atoms with Crippen molar-refractivity contribution in [3.63, 3.8) is 0 Å². The average molecular weight is 577 g/mol. The van der Waals surface area contributed by atoms with Crippen molar-refractivity contribution in [2.24, 2.45) is 0 Å². The molecule has 0 bridgehead atoms. The number of carbonyl (C=O) groups is 4. The highest BCUT2D eigenvalue weighted by Gasteiger charge is 2.46. The number of nitrogens with one attached hydrogen (secondary N) is 1. The summed E-state index contributed by atoms with van der Waals surface area (Å²) in [4.78, 5) is 61.4. The number of Topliss-reactive ketones (excluding diaryl/α,β-unsaturated/α-hetero) is 1. The zero-order valence-electron chi connectivity index (χ0n) is 25.7. The Morgan fingerprint density at radius 3 is 2.24 bits per heavy atom. The molecular weight excluding hydrogens is 532 g/mol. The smallest absolute Gasteiger partial charge is 0.411 e. The van der Waals surface area contributed by atoms with Crippen molar-refractivity contribution < 1.29 is 23.9 Å². The van der Waals surface area contributed by atoms with Gasteiger partial charge in [0.2, 0.25) is 5.91 Å². The Morgan fingerprint density at radius 1 is 1.00 bits per heavy atom. The molecule has 1 N–H and O–H groups in total. The van der Waals surface area contributed by atoms with Crippen molar-refractivity contribution in [3.05, 3.63) is 59.9 Å². The van der Waals surface area contributed by atoms with Gasteiger partial charge in [0, 0.05) is 36.1 Å². The summed E-state index contributed by atoms with van der Waals surface area (Å²) in [7, 11) is 0. The van der Waals surface area contributed by atoms with Crippen LogP contribution in [0.3, 0.4) is 0 Å². The molecule has 2 aliphatic rings. The van der Waals surface area contributed by atoms with Crippen molar-refractivity contribution in [3.8, 4) is 0 Å². The van der Waals surface area contributed by atoms with E-state index >= 15 is 0 Å². The normalized spacial score (nSPS) is 18.9. The number of benzene rings is 1. The highest BCUT2D eigenvalue weighted by atomic mass is 16.6. The predicted octanol–water partition coefficient (Wildman–Crippen LogP) is 5.48. The lowest BCUT2D eigenvalue weighted by molar-refractivity contribution is -0.129. The van der Waals surface area contributed by atoms with E-state index in [1.165, 1.54) is 9.80 Å². The number of aromatic nitrogens is 1. The van der Waals surface area contributed by atoms with Crippen molar-refractivity contribution in [2.45, 2.75) is 109 Å². The first kappa shape index (κ1) is 31.2. The average Bonchev–Trinajstić information content (AvgIpc) is 3.33. The fourth-order valence-electron chi connectivity index (χ4n) is 5.59. The number of ketones is 1. The Balaban J connectivity index is 1.79. The standard InChI is InChI=1S/C33H44N4O5/c1-32(2,3)23-14-16-25(17-15-23)37(30(40)27-19-26(38)21-36(27)31(41)42-33(4,5)6)28(22-11-10-18-34-20-22)29(39)35-24-12-8-7-9-13-24/h10-11,14-18,20,24,27-28H,7-9,12-13,19,21H2,1-6H3,(H,35,39)/t27-,28?/m1/s1. The number of ether oxygens (including phenoxy) is 1. The molecule has 2 aromatic rings. The van der Waals surface area contributed by atoms with Crippen molar-refractivity contribution in [1.82, 2.24) is 15.2 Å². The number of carbonyl (C=O) groups excluding carboxylic acids is 4. The summed E-state index contributed by atoms with van der Waals surface area (Å²) in [5, 5.41) is 3.19. The maximum atomic E-state index is 14.6. The molecule has 9 heteroatoms. The predicted molar refractivity (Wildman–Crippen MR) is 161 cm³/mol. The lowest BCUT2D eigenvalue weighted by Gasteiger charge is -2.36. The van der Waals surface area contributed by atoms with E-state index in [0.29, 0.717) is 11.3 Å². The number of likely N-dealkylation sites (tertiary alicyclic amines) is 1. The van der Waals surface area contributed by atoms with Gasteiger partial charge in [-0.15, -0.1) is 0 Å². The molecule has 2 heterocycles. The number of rotatable bonds is 6. The first-order chi connectivity index (χ1) is 19.7. The van der Waals surface area contributed by atoms with Gasteiger partial charge in [-0.25, -0.2) is 4.79 Å². The molecule has 1 aromatic heterocycles. The number of pyridine rings is 1. The van der Waals surface area contributed by atoms with E-state index in [9.17, 15) is 19.2 Å². The van der Waals surface area contributed by atoms with Crippen LogP contribution in [0.5, 0.6) is 0 Å². The Bertz CT molecular complexity index is 1270. The molecule has 0 radical (unpaired) electrons. The zero-order chi connectivity index (χ0) is 30.7. The summed E-state index contributed by atoms with van der Waals surface area (Å²) in [6.45, 7) is 11.3. The minimum absolute atomic E-state index is 0.0111. The maximum Gasteiger partial charge on any atom is 0.411 e. The molecule has 1 unspecified atom stereocenters. The quantitative estimate of drug-likeness (QED) is 0.488. The fraction of sp³-hybridized carbons (Fsp3) is 0.545. The van der Waals surface area contributed by atoms with Crippen LogP contribution in [-0.2, 0) is 24.5 Å². The molecule has 1 aliphatic heterocycles. The molecule has 3 amide bonds. The van der Waals surface area contributed by atoms with Gasteiger partial charge in [0.1, 0.15) is 17.7 Å². The Hall–Kier alpha value is -3.75. The third-order valence-corrected chi connectivity index (χ3v) is 7.76. The van der Waals surface area contributed by atoms with Crippen LogP contribution in [0.2, 0.25) is 0 Å². The molecule has 1 saturated heterocycles. The van der Waals surface area contributed by atoms with Crippen LogP contribution in [0, 0.1) is 0 Å². The van der Waals surface area contributed by atoms with Crippen LogP contribution in [0.1, 0.15) is 97.2 Å². The molecule has 2 atom stereocenters. The number of hydrogen-bond acceptors (Lipinski definition) is 6. The molecule has 4 rings (SSSR count). The van der Waals surface area contributed by atoms with Crippen molar-refractivity contribution >= 4 is 29.4 Å². The second-order valence-corrected chi connectivity index (χ2v) is 13.4. The largest absolute Gasteiger partial charge is 0.444 e. The lowest BCUT2D eigenvalue weighted by atomic mass is 9.87. The van der Waals surface area contributed by atoms with Gasteiger partial charge in [-0.3, -0.25) is 29.2 Å². The summed E-state index contributed by atoms with van der Waals surface area (Å²) in [6.07, 6.45) is 7.27. The molecule has 1 saturated carbocycles. The second-order valence-electron chi connectivity index (χ2n) is 13.4. The molecule has 0 spiro atoms. The number of hydrogen-bond donors (Lipinski definition) is 1. The van der Waals surface area contributed by atoms with Gasteiger partial charge in [-0.05, 0) is 62.8 Å². The van der Waals surface area contributed by atoms with E-state index < -0.39 is 29.7 Å². The third-order valence-electron chi connectivity index (χ3n) is 7.76. The zero-order valence-corrected chi connectivity index (χ0v) is 25.7. The van der Waals surface area contributed by atoms with E-state index in [1.54, 1.807) is 45.3 Å². The highest BCUT2D eigenvalue weighted by Crippen LogP contribution is 2.34. The molecule has 226 valence electrons. The second kappa shape index (κ2) is 12.6. The van der Waals surface area contributed by atoms with Gasteiger partial charge < -0.3 is 10.1 Å². The van der Waals surface area contributed by atoms with Crippen LogP contribution in [0.25, 0.3) is 0 Å². The summed E-state index contributed by atoms with van der Waals surface area (Å²) >= 11 is 0. The van der Waals surface area contributed by atoms with E-state index in [-0.39, 0.29) is 36.1 Å². The Morgan fingerprint density at radius 2 is 1.67 bits per heavy atom. The monoisotopic (exact) mass is 576 g/mol. The van der Waals surface area contributed by atoms with Crippen molar-refractivity contribution in [2.75, 3.05) is 11.4 Å². The summed E-state index contributed by atoms with van der Waals surface area (Å²) in [5.74, 6) is -1.09. The minimum atomic E-state index is -1.11. The van der Waals surface area contributed by atoms with Gasteiger partial charge >= 0.3 is 6.09 Å². The summed E-state index contributed by atoms with van der Waals surface area (Å²) in [6, 6.07) is 8.87. The van der Waals surface area contributed by atoms with Crippen LogP contribution < -0.4 is 10.2 Å². The summed E-state index contributed by atoms with van der Waals surface area (Å²) in [5.41, 5.74) is 1.16. The van der Waals surface area contributed by atoms with Gasteiger partial charge in [0.05, 0.1) is 6.54 Å². The summed E-state index contributed by atoms with van der Waals surface area (Å²) < 4.78 is 5.56. The van der Waals surface area contributed by atoms with E-state index in [0.717, 1.165) is 37.7 Å². The molecule has 1 aromatic carbocycles. The van der Waals surface area contributed by atoms with Gasteiger partial charge in [-0.1, -0.05) is 58.2 Å². The van der Waals surface area contributed by atoms with Crippen LogP contribution >= 0.6 is 0 Å². The number of amides is 3. The third kappa shape index (κ3) is 7.55. The molecule has 1 aliphatic carbocycles. The van der Waals surface area contributed by atoms with E-state index in [4.69, 9.17) is 4.74 Å². The van der Waals surface area contributed by atoms with Gasteiger partial charge in [0.15, 0.2) is 5.78 Å². The first-order valence-electron chi connectivity index (χ1n) is 14.9. The van der Waals surface area contributed by atoms with Gasteiger partial charge in [0.25, 0.3) is 5.91 Å². The lowest BCUT2D eigenvalue weighted by Crippen LogP contribution is -2.53. The number of anilines is 1. The Labute approximate surface area is 249 Å². The topological polar surface area (TPSA) is 109 Å². The maximum absolute atomic E-state index is 14.6. The van der Waals surface area contributed by atoms with E-state index in [2.05, 4.69) is 31.1 Å². The number of nitrogens with zero attached hydrogens (tertiary/aromatic N) is 3. The first-order valence-corrected chi connectivity index (χ1v) is 14.9. The van der Waals surface area contributed by atoms with Crippen molar-refractivity contribution in [1.29, 1.82) is 0 Å². The molecular formula is C33H44N4O5.